The van der Waals surface area contributed by atoms with Crippen molar-refractivity contribution >= 4 is 23.4 Å². The van der Waals surface area contributed by atoms with Crippen LogP contribution < -0.4 is 4.74 Å². The lowest BCUT2D eigenvalue weighted by Crippen LogP contribution is -2.10. The summed E-state index contributed by atoms with van der Waals surface area (Å²) in [5, 5.41) is 21.8. The molecule has 196 valence electrons. The van der Waals surface area contributed by atoms with E-state index in [2.05, 4.69) is 5.16 Å². The van der Waals surface area contributed by atoms with Crippen molar-refractivity contribution in [2.24, 2.45) is 5.16 Å². The third-order valence-electron chi connectivity index (χ3n) is 5.73. The first-order valence-electron chi connectivity index (χ1n) is 11.6. The van der Waals surface area contributed by atoms with Crippen molar-refractivity contribution in [3.05, 3.63) is 88.5 Å². The number of nitrogens with zero attached hydrogens (tertiary/aromatic N) is 1. The Bertz CT molecular complexity index is 1290. The SMILES string of the molecule is Cc1cc(C(CCc2cccc(Sc3cc(C(C)C)ccc3C(F)(F)F)c2)=NO)ccc1OCC(=O)O. The third kappa shape index (κ3) is 7.76. The molecule has 3 aromatic carbocycles. The lowest BCUT2D eigenvalue weighted by molar-refractivity contribution is -0.140. The molecule has 3 aromatic rings. The summed E-state index contributed by atoms with van der Waals surface area (Å²) in [5.41, 5.74) is 2.85. The zero-order chi connectivity index (χ0) is 27.2. The average Bonchev–Trinajstić information content (AvgIpc) is 2.83. The molecule has 0 aliphatic heterocycles. The van der Waals surface area contributed by atoms with Crippen molar-refractivity contribution in [3.63, 3.8) is 0 Å². The third-order valence-corrected chi connectivity index (χ3v) is 6.78. The second-order valence-electron chi connectivity index (χ2n) is 8.87. The van der Waals surface area contributed by atoms with Crippen LogP contribution in [0.4, 0.5) is 13.2 Å². The first-order chi connectivity index (χ1) is 17.5. The average molecular weight is 532 g/mol. The summed E-state index contributed by atoms with van der Waals surface area (Å²) in [6.45, 7) is 5.19. The standard InChI is InChI=1S/C28H28F3NO4S/c1-17(2)20-8-10-23(28(29,30)31)26(15-20)37-22-6-4-5-19(14-22)7-11-24(32-35)21-9-12-25(18(3)13-21)36-16-27(33)34/h4-6,8-10,12-15,17,35H,7,11,16H2,1-3H3,(H,33,34). The molecule has 0 saturated carbocycles. The quantitative estimate of drug-likeness (QED) is 0.160. The highest BCUT2D eigenvalue weighted by atomic mass is 32.2. The number of benzene rings is 3. The Balaban J connectivity index is 1.75. The summed E-state index contributed by atoms with van der Waals surface area (Å²) in [4.78, 5) is 11.6. The Labute approximate surface area is 218 Å². The summed E-state index contributed by atoms with van der Waals surface area (Å²) < 4.78 is 46.1. The van der Waals surface area contributed by atoms with Crippen molar-refractivity contribution in [2.45, 2.75) is 55.5 Å². The van der Waals surface area contributed by atoms with E-state index in [9.17, 15) is 23.2 Å². The van der Waals surface area contributed by atoms with Crippen LogP contribution in [0.1, 0.15) is 54.0 Å². The van der Waals surface area contributed by atoms with Crippen LogP contribution in [0, 0.1) is 6.92 Å². The summed E-state index contributed by atoms with van der Waals surface area (Å²) in [6, 6.07) is 16.6. The molecule has 0 aliphatic rings. The monoisotopic (exact) mass is 531 g/mol. The Kier molecular flexibility index (Phi) is 9.26. The molecule has 0 spiro atoms. The van der Waals surface area contributed by atoms with Crippen molar-refractivity contribution in [2.75, 3.05) is 6.61 Å². The van der Waals surface area contributed by atoms with E-state index in [4.69, 9.17) is 9.84 Å². The van der Waals surface area contributed by atoms with Gasteiger partial charge in [0.1, 0.15) is 5.75 Å². The van der Waals surface area contributed by atoms with Gasteiger partial charge in [-0.3, -0.25) is 0 Å². The maximum Gasteiger partial charge on any atom is 0.417 e. The highest BCUT2D eigenvalue weighted by molar-refractivity contribution is 7.99. The fraction of sp³-hybridized carbons (Fsp3) is 0.286. The van der Waals surface area contributed by atoms with Gasteiger partial charge in [0.25, 0.3) is 0 Å². The summed E-state index contributed by atoms with van der Waals surface area (Å²) in [6.07, 6.45) is -3.56. The van der Waals surface area contributed by atoms with Crippen LogP contribution in [0.5, 0.6) is 5.75 Å². The van der Waals surface area contributed by atoms with Gasteiger partial charge >= 0.3 is 12.1 Å². The normalized spacial score (nSPS) is 12.1. The van der Waals surface area contributed by atoms with E-state index in [-0.39, 0.29) is 10.8 Å². The number of oxime groups is 1. The molecule has 0 bridgehead atoms. The minimum atomic E-state index is -4.45. The molecule has 0 fully saturated rings. The summed E-state index contributed by atoms with van der Waals surface area (Å²) in [5.74, 6) is -0.553. The van der Waals surface area contributed by atoms with Crippen LogP contribution in [-0.2, 0) is 17.4 Å². The second-order valence-corrected chi connectivity index (χ2v) is 9.98. The van der Waals surface area contributed by atoms with Crippen LogP contribution in [0.3, 0.4) is 0 Å². The fourth-order valence-corrected chi connectivity index (χ4v) is 4.85. The predicted molar refractivity (Wildman–Crippen MR) is 137 cm³/mol. The van der Waals surface area contributed by atoms with Gasteiger partial charge in [0.05, 0.1) is 11.3 Å². The highest BCUT2D eigenvalue weighted by Crippen LogP contribution is 2.41. The molecule has 2 N–H and O–H groups in total. The van der Waals surface area contributed by atoms with E-state index in [0.717, 1.165) is 29.0 Å². The summed E-state index contributed by atoms with van der Waals surface area (Å²) >= 11 is 1.08. The van der Waals surface area contributed by atoms with Gasteiger partial charge in [-0.1, -0.05) is 49.0 Å². The molecule has 0 unspecified atom stereocenters. The number of carbonyl (C=O) groups is 1. The van der Waals surface area contributed by atoms with Crippen molar-refractivity contribution in [1.82, 2.24) is 0 Å². The van der Waals surface area contributed by atoms with E-state index in [1.165, 1.54) is 6.07 Å². The lowest BCUT2D eigenvalue weighted by Gasteiger charge is -2.16. The number of halogens is 3. The molecule has 0 aromatic heterocycles. The van der Waals surface area contributed by atoms with Crippen molar-refractivity contribution in [3.8, 4) is 5.75 Å². The number of rotatable bonds is 10. The van der Waals surface area contributed by atoms with Gasteiger partial charge < -0.3 is 15.1 Å². The first-order valence-corrected chi connectivity index (χ1v) is 12.4. The molecule has 3 rings (SSSR count). The van der Waals surface area contributed by atoms with Gasteiger partial charge in [0, 0.05) is 9.79 Å². The molecule has 0 saturated heterocycles. The topological polar surface area (TPSA) is 79.1 Å². The van der Waals surface area contributed by atoms with Gasteiger partial charge in [0.2, 0.25) is 0 Å². The second kappa shape index (κ2) is 12.2. The number of aliphatic carboxylic acids is 1. The molecular formula is C28H28F3NO4S. The smallest absolute Gasteiger partial charge is 0.417 e. The maximum atomic E-state index is 13.6. The largest absolute Gasteiger partial charge is 0.482 e. The van der Waals surface area contributed by atoms with E-state index in [1.54, 1.807) is 43.3 Å². The number of alkyl halides is 3. The zero-order valence-electron chi connectivity index (χ0n) is 20.7. The van der Waals surface area contributed by atoms with Gasteiger partial charge in [-0.15, -0.1) is 0 Å². The van der Waals surface area contributed by atoms with E-state index < -0.39 is 24.3 Å². The Morgan fingerprint density at radius 1 is 1.08 bits per heavy atom. The van der Waals surface area contributed by atoms with Gasteiger partial charge in [0.15, 0.2) is 6.61 Å². The number of carboxylic acids is 1. The molecule has 0 aliphatic carbocycles. The lowest BCUT2D eigenvalue weighted by atomic mass is 10.0. The van der Waals surface area contributed by atoms with Crippen LogP contribution in [-0.4, -0.2) is 28.6 Å². The van der Waals surface area contributed by atoms with E-state index in [1.807, 2.05) is 26.0 Å². The molecule has 37 heavy (non-hydrogen) atoms. The molecule has 0 radical (unpaired) electrons. The zero-order valence-corrected chi connectivity index (χ0v) is 21.5. The Morgan fingerprint density at radius 2 is 1.84 bits per heavy atom. The molecular weight excluding hydrogens is 503 g/mol. The van der Waals surface area contributed by atoms with Gasteiger partial charge in [-0.2, -0.15) is 13.2 Å². The van der Waals surface area contributed by atoms with E-state index in [0.29, 0.717) is 40.3 Å². The molecule has 0 heterocycles. The maximum absolute atomic E-state index is 13.6. The number of aryl methyl sites for hydroxylation is 2. The molecule has 5 nitrogen and oxygen atoms in total. The van der Waals surface area contributed by atoms with Crippen LogP contribution in [0.2, 0.25) is 0 Å². The first kappa shape index (κ1) is 28.1. The number of ether oxygens (including phenoxy) is 1. The Hall–Kier alpha value is -3.46. The van der Waals surface area contributed by atoms with E-state index >= 15 is 0 Å². The number of hydrogen-bond acceptors (Lipinski definition) is 5. The van der Waals surface area contributed by atoms with Crippen molar-refractivity contribution in [1.29, 1.82) is 0 Å². The van der Waals surface area contributed by atoms with Gasteiger partial charge in [-0.25, -0.2) is 4.79 Å². The molecule has 9 heteroatoms. The minimum Gasteiger partial charge on any atom is -0.482 e. The minimum absolute atomic E-state index is 0.102. The predicted octanol–water partition coefficient (Wildman–Crippen LogP) is 7.56. The van der Waals surface area contributed by atoms with Crippen molar-refractivity contribution < 1.29 is 33.0 Å². The molecule has 0 amide bonds. The summed E-state index contributed by atoms with van der Waals surface area (Å²) in [7, 11) is 0. The van der Waals surface area contributed by atoms with Crippen LogP contribution >= 0.6 is 11.8 Å². The van der Waals surface area contributed by atoms with Crippen LogP contribution in [0.15, 0.2) is 75.6 Å². The molecule has 0 atom stereocenters. The fourth-order valence-electron chi connectivity index (χ4n) is 3.75. The number of carboxylic acid groups (broad SMARTS) is 1. The highest BCUT2D eigenvalue weighted by Gasteiger charge is 2.33. The number of hydrogen-bond donors (Lipinski definition) is 2. The Morgan fingerprint density at radius 3 is 2.46 bits per heavy atom. The van der Waals surface area contributed by atoms with Crippen LogP contribution in [0.25, 0.3) is 0 Å². The van der Waals surface area contributed by atoms with Gasteiger partial charge in [-0.05, 0) is 90.4 Å².